The predicted molar refractivity (Wildman–Crippen MR) is 66.5 cm³/mol. The molecule has 1 amide bonds. The molecule has 1 aliphatic heterocycles. The van der Waals surface area contributed by atoms with Crippen molar-refractivity contribution in [3.63, 3.8) is 0 Å². The van der Waals surface area contributed by atoms with E-state index in [1.807, 2.05) is 4.90 Å². The Bertz CT molecular complexity index is 474. The van der Waals surface area contributed by atoms with Crippen LogP contribution in [0.3, 0.4) is 0 Å². The Hall–Kier alpha value is -1.71. The van der Waals surface area contributed by atoms with E-state index in [0.29, 0.717) is 17.4 Å². The number of benzene rings is 1. The van der Waals surface area contributed by atoms with E-state index in [1.165, 1.54) is 31.4 Å². The largest absolute Gasteiger partial charge is 0.504 e. The summed E-state index contributed by atoms with van der Waals surface area (Å²) < 4.78 is 0. The lowest BCUT2D eigenvalue weighted by Gasteiger charge is -2.17. The molecule has 2 unspecified atom stereocenters. The second-order valence-corrected chi connectivity index (χ2v) is 5.36. The van der Waals surface area contributed by atoms with Crippen molar-refractivity contribution < 1.29 is 15.0 Å². The highest BCUT2D eigenvalue weighted by Gasteiger charge is 2.38. The van der Waals surface area contributed by atoms with E-state index in [1.54, 1.807) is 6.07 Å². The third-order valence-corrected chi connectivity index (χ3v) is 4.24. The van der Waals surface area contributed by atoms with Crippen molar-refractivity contribution in [3.8, 4) is 11.5 Å². The Morgan fingerprint density at radius 2 is 1.78 bits per heavy atom. The molecular formula is C14H17NO3. The van der Waals surface area contributed by atoms with Gasteiger partial charge in [0.05, 0.1) is 0 Å². The molecule has 4 heteroatoms. The summed E-state index contributed by atoms with van der Waals surface area (Å²) in [5, 5.41) is 18.7. The van der Waals surface area contributed by atoms with Crippen molar-refractivity contribution in [1.82, 2.24) is 4.90 Å². The third-order valence-electron chi connectivity index (χ3n) is 4.24. The Labute approximate surface area is 106 Å². The number of carbonyl (C=O) groups is 1. The maximum atomic E-state index is 12.3. The Morgan fingerprint density at radius 1 is 1.11 bits per heavy atom. The van der Waals surface area contributed by atoms with Crippen LogP contribution in [-0.4, -0.2) is 34.1 Å². The lowest BCUT2D eigenvalue weighted by Crippen LogP contribution is -2.29. The van der Waals surface area contributed by atoms with Gasteiger partial charge in [0.15, 0.2) is 11.5 Å². The highest BCUT2D eigenvalue weighted by atomic mass is 16.3. The molecule has 0 radical (unpaired) electrons. The number of phenolic OH excluding ortho intramolecular Hbond substituents is 2. The first-order valence-corrected chi connectivity index (χ1v) is 6.46. The highest BCUT2D eigenvalue weighted by Crippen LogP contribution is 2.38. The molecule has 96 valence electrons. The van der Waals surface area contributed by atoms with Crippen LogP contribution in [0.15, 0.2) is 18.2 Å². The van der Waals surface area contributed by atoms with Gasteiger partial charge < -0.3 is 15.1 Å². The van der Waals surface area contributed by atoms with Crippen molar-refractivity contribution in [1.29, 1.82) is 0 Å². The number of rotatable bonds is 1. The number of hydrogen-bond donors (Lipinski definition) is 2. The predicted octanol–water partition coefficient (Wildman–Crippen LogP) is 1.97. The van der Waals surface area contributed by atoms with Crippen LogP contribution in [0.5, 0.6) is 11.5 Å². The molecule has 1 heterocycles. The minimum Gasteiger partial charge on any atom is -0.504 e. The molecule has 3 rings (SSSR count). The fourth-order valence-electron chi connectivity index (χ4n) is 3.24. The summed E-state index contributed by atoms with van der Waals surface area (Å²) in [4.78, 5) is 14.2. The normalized spacial score (nSPS) is 26.3. The van der Waals surface area contributed by atoms with Gasteiger partial charge in [0.2, 0.25) is 0 Å². The summed E-state index contributed by atoms with van der Waals surface area (Å²) in [6.45, 7) is 1.68. The van der Waals surface area contributed by atoms with Gasteiger partial charge in [-0.25, -0.2) is 0 Å². The molecule has 1 aliphatic carbocycles. The number of hydrogen-bond acceptors (Lipinski definition) is 3. The first kappa shape index (κ1) is 11.4. The van der Waals surface area contributed by atoms with Crippen LogP contribution in [0.2, 0.25) is 0 Å². The quantitative estimate of drug-likeness (QED) is 0.746. The molecule has 0 bridgehead atoms. The molecule has 2 aliphatic rings. The topological polar surface area (TPSA) is 60.8 Å². The summed E-state index contributed by atoms with van der Waals surface area (Å²) in [6.07, 6.45) is 3.75. The molecule has 0 aromatic heterocycles. The number of aromatic hydroxyl groups is 2. The maximum Gasteiger partial charge on any atom is 0.254 e. The fourth-order valence-corrected chi connectivity index (χ4v) is 3.24. The Kier molecular flexibility index (Phi) is 2.65. The van der Waals surface area contributed by atoms with Gasteiger partial charge in [-0.3, -0.25) is 4.79 Å². The van der Waals surface area contributed by atoms with Crippen LogP contribution in [-0.2, 0) is 0 Å². The molecule has 18 heavy (non-hydrogen) atoms. The molecule has 1 aromatic rings. The van der Waals surface area contributed by atoms with Gasteiger partial charge in [0, 0.05) is 18.7 Å². The first-order chi connectivity index (χ1) is 8.65. The molecule has 4 nitrogen and oxygen atoms in total. The number of amides is 1. The zero-order valence-electron chi connectivity index (χ0n) is 10.2. The Morgan fingerprint density at radius 3 is 2.39 bits per heavy atom. The maximum absolute atomic E-state index is 12.3. The average molecular weight is 247 g/mol. The van der Waals surface area contributed by atoms with E-state index in [9.17, 15) is 15.0 Å². The summed E-state index contributed by atoms with van der Waals surface area (Å²) in [5.41, 5.74) is 0.449. The molecule has 2 atom stereocenters. The minimum absolute atomic E-state index is 0.0419. The van der Waals surface area contributed by atoms with Crippen LogP contribution in [0, 0.1) is 11.8 Å². The summed E-state index contributed by atoms with van der Waals surface area (Å²) in [6, 6.07) is 4.26. The van der Waals surface area contributed by atoms with E-state index in [0.717, 1.165) is 13.1 Å². The van der Waals surface area contributed by atoms with E-state index < -0.39 is 0 Å². The second kappa shape index (κ2) is 4.19. The van der Waals surface area contributed by atoms with Crippen molar-refractivity contribution in [2.45, 2.75) is 19.3 Å². The zero-order chi connectivity index (χ0) is 12.7. The molecule has 0 spiro atoms. The standard InChI is InChI=1S/C14H17NO3/c16-12-5-4-9(6-13(12)17)14(18)15-7-10-2-1-3-11(10)8-15/h4-6,10-11,16-17H,1-3,7-8H2. The number of phenols is 2. The zero-order valence-corrected chi connectivity index (χ0v) is 10.2. The summed E-state index contributed by atoms with van der Waals surface area (Å²) >= 11 is 0. The van der Waals surface area contributed by atoms with Gasteiger partial charge >= 0.3 is 0 Å². The van der Waals surface area contributed by atoms with Crippen molar-refractivity contribution in [3.05, 3.63) is 23.8 Å². The molecule has 2 N–H and O–H groups in total. The SMILES string of the molecule is O=C(c1ccc(O)c(O)c1)N1CC2CCCC2C1. The van der Waals surface area contributed by atoms with Crippen LogP contribution in [0.4, 0.5) is 0 Å². The number of likely N-dealkylation sites (tertiary alicyclic amines) is 1. The van der Waals surface area contributed by atoms with Gasteiger partial charge in [-0.05, 0) is 42.9 Å². The van der Waals surface area contributed by atoms with E-state index in [2.05, 4.69) is 0 Å². The monoisotopic (exact) mass is 247 g/mol. The van der Waals surface area contributed by atoms with Crippen molar-refractivity contribution in [2.75, 3.05) is 13.1 Å². The van der Waals surface area contributed by atoms with Crippen LogP contribution < -0.4 is 0 Å². The second-order valence-electron chi connectivity index (χ2n) is 5.36. The van der Waals surface area contributed by atoms with Crippen LogP contribution >= 0.6 is 0 Å². The van der Waals surface area contributed by atoms with Crippen LogP contribution in [0.25, 0.3) is 0 Å². The number of fused-ring (bicyclic) bond motifs is 1. The first-order valence-electron chi connectivity index (χ1n) is 6.46. The average Bonchev–Trinajstić information content (AvgIpc) is 2.92. The number of carbonyl (C=O) groups excluding carboxylic acids is 1. The Balaban J connectivity index is 1.77. The van der Waals surface area contributed by atoms with Gasteiger partial charge in [-0.2, -0.15) is 0 Å². The summed E-state index contributed by atoms with van der Waals surface area (Å²) in [5.74, 6) is 0.865. The smallest absolute Gasteiger partial charge is 0.254 e. The van der Waals surface area contributed by atoms with Gasteiger partial charge in [0.1, 0.15) is 0 Å². The lowest BCUT2D eigenvalue weighted by molar-refractivity contribution is 0.0780. The van der Waals surface area contributed by atoms with Crippen LogP contribution in [0.1, 0.15) is 29.6 Å². The van der Waals surface area contributed by atoms with Crippen molar-refractivity contribution >= 4 is 5.91 Å². The van der Waals surface area contributed by atoms with Gasteiger partial charge in [0.25, 0.3) is 5.91 Å². The summed E-state index contributed by atoms with van der Waals surface area (Å²) in [7, 11) is 0. The minimum atomic E-state index is -0.236. The number of nitrogens with zero attached hydrogens (tertiary/aromatic N) is 1. The molecule has 1 saturated carbocycles. The molecule has 1 saturated heterocycles. The molecular weight excluding hydrogens is 230 g/mol. The van der Waals surface area contributed by atoms with Gasteiger partial charge in [-0.15, -0.1) is 0 Å². The fraction of sp³-hybridized carbons (Fsp3) is 0.500. The van der Waals surface area contributed by atoms with E-state index in [4.69, 9.17) is 0 Å². The lowest BCUT2D eigenvalue weighted by atomic mass is 10.0. The van der Waals surface area contributed by atoms with E-state index in [-0.39, 0.29) is 17.4 Å². The van der Waals surface area contributed by atoms with E-state index >= 15 is 0 Å². The molecule has 1 aromatic carbocycles. The third kappa shape index (κ3) is 1.82. The van der Waals surface area contributed by atoms with Gasteiger partial charge in [-0.1, -0.05) is 6.42 Å². The molecule has 2 fully saturated rings. The van der Waals surface area contributed by atoms with Crippen molar-refractivity contribution in [2.24, 2.45) is 11.8 Å². The highest BCUT2D eigenvalue weighted by molar-refractivity contribution is 5.95.